The Morgan fingerprint density at radius 1 is 0.963 bits per heavy atom. The van der Waals surface area contributed by atoms with E-state index in [1.165, 1.54) is 0 Å². The molecule has 1 saturated carbocycles. The van der Waals surface area contributed by atoms with Crippen LogP contribution in [0.4, 0.5) is 5.95 Å². The maximum Gasteiger partial charge on any atom is 0.241 e. The highest BCUT2D eigenvalue weighted by Gasteiger charge is 2.19. The van der Waals surface area contributed by atoms with E-state index in [0.717, 1.165) is 53.4 Å². The van der Waals surface area contributed by atoms with Gasteiger partial charge in [-0.15, -0.1) is 5.10 Å². The molecule has 136 valence electrons. The highest BCUT2D eigenvalue weighted by molar-refractivity contribution is 5.86. The Kier molecular flexibility index (Phi) is 3.94. The van der Waals surface area contributed by atoms with Gasteiger partial charge in [-0.1, -0.05) is 6.07 Å². The van der Waals surface area contributed by atoms with Crippen LogP contribution in [0.15, 0.2) is 49.1 Å². The van der Waals surface area contributed by atoms with Crippen molar-refractivity contribution in [3.63, 3.8) is 0 Å². The lowest BCUT2D eigenvalue weighted by atomic mass is 9.92. The van der Waals surface area contributed by atoms with Crippen LogP contribution in [0.5, 0.6) is 0 Å². The number of anilines is 1. The molecule has 27 heavy (non-hydrogen) atoms. The van der Waals surface area contributed by atoms with E-state index in [-0.39, 0.29) is 0 Å². The highest BCUT2D eigenvalue weighted by atomic mass is 15.3. The topological polar surface area (TPSA) is 94.0 Å². The van der Waals surface area contributed by atoms with Gasteiger partial charge < -0.3 is 11.1 Å². The van der Waals surface area contributed by atoms with Crippen LogP contribution in [0.25, 0.3) is 27.7 Å². The molecule has 1 aromatic carbocycles. The molecule has 3 aromatic heterocycles. The minimum absolute atomic E-state index is 0.338. The van der Waals surface area contributed by atoms with Crippen molar-refractivity contribution >= 4 is 22.5 Å². The summed E-state index contributed by atoms with van der Waals surface area (Å²) in [5, 5.41) is 8.08. The third-order valence-corrected chi connectivity index (χ3v) is 5.30. The minimum atomic E-state index is 0.338. The van der Waals surface area contributed by atoms with Gasteiger partial charge in [-0.2, -0.15) is 0 Å². The molecule has 0 aliphatic heterocycles. The third-order valence-electron chi connectivity index (χ3n) is 5.30. The molecule has 0 amide bonds. The molecule has 3 N–H and O–H groups in total. The number of nitrogens with one attached hydrogen (secondary N) is 1. The zero-order valence-corrected chi connectivity index (χ0v) is 14.9. The summed E-state index contributed by atoms with van der Waals surface area (Å²) in [5.41, 5.74) is 10.9. The first kappa shape index (κ1) is 16.1. The third kappa shape index (κ3) is 3.10. The summed E-state index contributed by atoms with van der Waals surface area (Å²) in [5.74, 6) is 0.662. The molecule has 0 spiro atoms. The van der Waals surface area contributed by atoms with Crippen molar-refractivity contribution in [3.8, 4) is 11.1 Å². The minimum Gasteiger partial charge on any atom is -0.350 e. The van der Waals surface area contributed by atoms with Crippen molar-refractivity contribution in [2.24, 2.45) is 5.73 Å². The number of rotatable bonds is 3. The summed E-state index contributed by atoms with van der Waals surface area (Å²) in [6.45, 7) is 0. The summed E-state index contributed by atoms with van der Waals surface area (Å²) in [7, 11) is 0. The number of hydrogen-bond acceptors (Lipinski definition) is 6. The molecule has 7 nitrogen and oxygen atoms in total. The van der Waals surface area contributed by atoms with Crippen LogP contribution in [0.3, 0.4) is 0 Å². The van der Waals surface area contributed by atoms with Crippen LogP contribution in [-0.4, -0.2) is 36.6 Å². The van der Waals surface area contributed by atoms with Crippen molar-refractivity contribution in [2.45, 2.75) is 37.8 Å². The lowest BCUT2D eigenvalue weighted by Crippen LogP contribution is -2.33. The Morgan fingerprint density at radius 2 is 1.78 bits per heavy atom. The van der Waals surface area contributed by atoms with Crippen molar-refractivity contribution in [1.29, 1.82) is 0 Å². The van der Waals surface area contributed by atoms with Gasteiger partial charge in [-0.05, 0) is 49.4 Å². The normalized spacial score (nSPS) is 20.2. The van der Waals surface area contributed by atoms with Gasteiger partial charge in [0.15, 0.2) is 0 Å². The van der Waals surface area contributed by atoms with Crippen molar-refractivity contribution in [2.75, 3.05) is 5.32 Å². The fraction of sp³-hybridized carbons (Fsp3) is 0.300. The Balaban J connectivity index is 1.44. The van der Waals surface area contributed by atoms with E-state index in [1.54, 1.807) is 12.4 Å². The highest BCUT2D eigenvalue weighted by Crippen LogP contribution is 2.27. The van der Waals surface area contributed by atoms with E-state index in [1.807, 2.05) is 23.0 Å². The summed E-state index contributed by atoms with van der Waals surface area (Å²) < 4.78 is 1.88. The number of fused-ring (bicyclic) bond motifs is 2. The molecule has 0 saturated heterocycles. The molecule has 1 fully saturated rings. The predicted octanol–water partition coefficient (Wildman–Crippen LogP) is 3.02. The van der Waals surface area contributed by atoms with Crippen LogP contribution in [-0.2, 0) is 0 Å². The van der Waals surface area contributed by atoms with Crippen LogP contribution >= 0.6 is 0 Å². The molecule has 0 atom stereocenters. The lowest BCUT2D eigenvalue weighted by molar-refractivity contribution is 0.409. The van der Waals surface area contributed by atoms with Gasteiger partial charge in [0.2, 0.25) is 5.95 Å². The molecule has 1 aliphatic rings. The smallest absolute Gasteiger partial charge is 0.241 e. The Labute approximate surface area is 156 Å². The van der Waals surface area contributed by atoms with Crippen LogP contribution < -0.4 is 11.1 Å². The molecule has 5 rings (SSSR count). The first-order valence-electron chi connectivity index (χ1n) is 9.34. The maximum absolute atomic E-state index is 5.99. The summed E-state index contributed by atoms with van der Waals surface area (Å²) >= 11 is 0. The standard InChI is InChI=1S/C20H21N7/c21-14-2-4-15(5-3-14)25-20-24-12-19-16(7-10-27(19)26-20)13-1-6-17-18(11-13)23-9-8-22-17/h1,6-12,14-15H,2-5,21H2,(H,25,26)/t14-,15+. The Bertz CT molecular complexity index is 1100. The predicted molar refractivity (Wildman–Crippen MR) is 105 cm³/mol. The van der Waals surface area contributed by atoms with E-state index in [0.29, 0.717) is 18.0 Å². The number of nitrogens with zero attached hydrogens (tertiary/aromatic N) is 5. The average Bonchev–Trinajstić information content (AvgIpc) is 3.12. The Morgan fingerprint density at radius 3 is 2.63 bits per heavy atom. The van der Waals surface area contributed by atoms with Gasteiger partial charge >= 0.3 is 0 Å². The molecule has 3 heterocycles. The van der Waals surface area contributed by atoms with Crippen molar-refractivity contribution in [3.05, 3.63) is 49.1 Å². The zero-order valence-electron chi connectivity index (χ0n) is 14.9. The number of nitrogens with two attached hydrogens (primary N) is 1. The second-order valence-corrected chi connectivity index (χ2v) is 7.16. The van der Waals surface area contributed by atoms with Gasteiger partial charge in [-0.25, -0.2) is 9.50 Å². The van der Waals surface area contributed by atoms with Crippen LogP contribution in [0.2, 0.25) is 0 Å². The van der Waals surface area contributed by atoms with Gasteiger partial charge in [-0.3, -0.25) is 9.97 Å². The number of benzene rings is 1. The summed E-state index contributed by atoms with van der Waals surface area (Å²) in [6, 6.07) is 8.90. The van der Waals surface area contributed by atoms with Gasteiger partial charge in [0, 0.05) is 36.2 Å². The van der Waals surface area contributed by atoms with Crippen molar-refractivity contribution < 1.29 is 0 Å². The van der Waals surface area contributed by atoms with Crippen LogP contribution in [0, 0.1) is 0 Å². The molecule has 7 heteroatoms. The van der Waals surface area contributed by atoms with Gasteiger partial charge in [0.25, 0.3) is 0 Å². The van der Waals surface area contributed by atoms with E-state index in [2.05, 4.69) is 43.6 Å². The molecular formula is C20H21N7. The number of aromatic nitrogens is 5. The maximum atomic E-state index is 5.99. The van der Waals surface area contributed by atoms with E-state index in [9.17, 15) is 0 Å². The van der Waals surface area contributed by atoms with Gasteiger partial charge in [0.05, 0.1) is 22.7 Å². The summed E-state index contributed by atoms with van der Waals surface area (Å²) in [6.07, 6.45) is 11.5. The van der Waals surface area contributed by atoms with Gasteiger partial charge in [0.1, 0.15) is 0 Å². The molecule has 1 aliphatic carbocycles. The second kappa shape index (κ2) is 6.59. The molecular weight excluding hydrogens is 338 g/mol. The fourth-order valence-electron chi connectivity index (χ4n) is 3.79. The average molecular weight is 359 g/mol. The fourth-order valence-corrected chi connectivity index (χ4v) is 3.79. The Hall–Kier alpha value is -3.06. The second-order valence-electron chi connectivity index (χ2n) is 7.16. The lowest BCUT2D eigenvalue weighted by Gasteiger charge is -2.26. The van der Waals surface area contributed by atoms with E-state index >= 15 is 0 Å². The first-order chi connectivity index (χ1) is 13.3. The van der Waals surface area contributed by atoms with E-state index in [4.69, 9.17) is 5.73 Å². The first-order valence-corrected chi connectivity index (χ1v) is 9.34. The van der Waals surface area contributed by atoms with E-state index < -0.39 is 0 Å². The molecule has 0 radical (unpaired) electrons. The van der Waals surface area contributed by atoms with Crippen LogP contribution in [0.1, 0.15) is 25.7 Å². The molecule has 0 bridgehead atoms. The molecule has 4 aromatic rings. The largest absolute Gasteiger partial charge is 0.350 e. The summed E-state index contributed by atoms with van der Waals surface area (Å²) in [4.78, 5) is 13.3. The monoisotopic (exact) mass is 359 g/mol. The SMILES string of the molecule is N[C@H]1CC[C@@H](Nc2ncc3c(-c4ccc5nccnc5c4)ccn3n2)CC1. The number of hydrogen-bond donors (Lipinski definition) is 2. The zero-order chi connectivity index (χ0) is 18.2. The molecule has 0 unspecified atom stereocenters. The van der Waals surface area contributed by atoms with Crippen molar-refractivity contribution in [1.82, 2.24) is 24.6 Å². The quantitative estimate of drug-likeness (QED) is 0.584.